The molecule has 0 amide bonds. The maximum atomic E-state index is 13.2. The Hall–Kier alpha value is -2.21. The van der Waals surface area contributed by atoms with E-state index in [9.17, 15) is 9.59 Å². The second-order valence-corrected chi connectivity index (χ2v) is 8.10. The number of Topliss-reactive ketones (excluding diaryl/α,β-unsaturated/α-hetero) is 1. The molecule has 1 aliphatic rings. The Morgan fingerprint density at radius 3 is 2.73 bits per heavy atom. The number of hydrogen-bond donors (Lipinski definition) is 1. The van der Waals surface area contributed by atoms with E-state index in [1.54, 1.807) is 18.3 Å². The van der Waals surface area contributed by atoms with Crippen LogP contribution in [0.25, 0.3) is 10.9 Å². The van der Waals surface area contributed by atoms with Gasteiger partial charge in [-0.15, -0.1) is 0 Å². The normalized spacial score (nSPS) is 20.5. The third kappa shape index (κ3) is 3.51. The first kappa shape index (κ1) is 18.6. The van der Waals surface area contributed by atoms with Gasteiger partial charge in [-0.3, -0.25) is 4.79 Å². The maximum Gasteiger partial charge on any atom is 0.435 e. The van der Waals surface area contributed by atoms with Gasteiger partial charge in [-0.1, -0.05) is 13.3 Å². The van der Waals surface area contributed by atoms with E-state index in [4.69, 9.17) is 4.74 Å². The summed E-state index contributed by atoms with van der Waals surface area (Å²) in [6.07, 6.45) is 3.82. The third-order valence-corrected chi connectivity index (χ3v) is 4.85. The molecule has 1 saturated heterocycles. The van der Waals surface area contributed by atoms with Gasteiger partial charge >= 0.3 is 6.09 Å². The van der Waals surface area contributed by atoms with Crippen molar-refractivity contribution >= 4 is 22.8 Å². The number of hydrogen-bond acceptors (Lipinski definition) is 5. The molecule has 0 bridgehead atoms. The Bertz CT molecular complexity index is 826. The summed E-state index contributed by atoms with van der Waals surface area (Å²) in [4.78, 5) is 25.5. The Balaban J connectivity index is 1.91. The number of carbonyl (C=O) groups is 2. The first-order chi connectivity index (χ1) is 12.3. The van der Waals surface area contributed by atoms with E-state index in [0.29, 0.717) is 11.1 Å². The molecule has 1 N–H and O–H groups in total. The fraction of sp³-hybridized carbons (Fsp3) is 0.550. The lowest BCUT2D eigenvalue weighted by atomic mass is 9.76. The number of benzene rings is 1. The number of fused-ring (bicyclic) bond motifs is 1. The summed E-state index contributed by atoms with van der Waals surface area (Å²) in [5, 5.41) is 8.24. The van der Waals surface area contributed by atoms with Crippen LogP contribution < -0.4 is 5.32 Å². The van der Waals surface area contributed by atoms with Gasteiger partial charge in [-0.05, 0) is 58.4 Å². The zero-order valence-corrected chi connectivity index (χ0v) is 16.0. The predicted octanol–water partition coefficient (Wildman–Crippen LogP) is 3.78. The van der Waals surface area contributed by atoms with E-state index < -0.39 is 11.7 Å². The number of carbonyl (C=O) groups excluding carboxylic acids is 2. The number of nitrogens with one attached hydrogen (secondary N) is 1. The molecule has 2 heterocycles. The van der Waals surface area contributed by atoms with Crippen LogP contribution in [-0.2, 0) is 4.74 Å². The van der Waals surface area contributed by atoms with E-state index in [2.05, 4.69) is 17.3 Å². The molecule has 6 heteroatoms. The van der Waals surface area contributed by atoms with E-state index in [1.807, 2.05) is 26.8 Å². The highest BCUT2D eigenvalue weighted by Crippen LogP contribution is 2.35. The Kier molecular flexibility index (Phi) is 4.88. The minimum Gasteiger partial charge on any atom is -0.442 e. The van der Waals surface area contributed by atoms with Crippen molar-refractivity contribution in [3.05, 3.63) is 30.0 Å². The van der Waals surface area contributed by atoms with E-state index in [1.165, 1.54) is 4.68 Å². The zero-order chi connectivity index (χ0) is 18.9. The largest absolute Gasteiger partial charge is 0.442 e. The van der Waals surface area contributed by atoms with Gasteiger partial charge in [0.2, 0.25) is 0 Å². The number of aromatic nitrogens is 2. The van der Waals surface area contributed by atoms with Gasteiger partial charge in [0, 0.05) is 22.9 Å². The van der Waals surface area contributed by atoms with Gasteiger partial charge < -0.3 is 10.1 Å². The maximum absolute atomic E-state index is 13.2. The van der Waals surface area contributed by atoms with Crippen LogP contribution in [0.15, 0.2) is 24.4 Å². The molecule has 1 aromatic carbocycles. The average Bonchev–Trinajstić information content (AvgIpc) is 3.19. The third-order valence-electron chi connectivity index (χ3n) is 4.85. The molecule has 0 radical (unpaired) electrons. The predicted molar refractivity (Wildman–Crippen MR) is 101 cm³/mol. The van der Waals surface area contributed by atoms with Crippen molar-refractivity contribution in [1.82, 2.24) is 15.1 Å². The summed E-state index contributed by atoms with van der Waals surface area (Å²) in [7, 11) is 0. The van der Waals surface area contributed by atoms with Crippen molar-refractivity contribution in [3.63, 3.8) is 0 Å². The van der Waals surface area contributed by atoms with Gasteiger partial charge in [0.15, 0.2) is 5.78 Å². The van der Waals surface area contributed by atoms with Crippen LogP contribution >= 0.6 is 0 Å². The molecule has 0 aliphatic carbocycles. The molecule has 1 aromatic heterocycles. The first-order valence-corrected chi connectivity index (χ1v) is 9.22. The molecular weight excluding hydrogens is 330 g/mol. The summed E-state index contributed by atoms with van der Waals surface area (Å²) in [5.74, 6) is 0.177. The summed E-state index contributed by atoms with van der Waals surface area (Å²) < 4.78 is 6.63. The molecule has 1 unspecified atom stereocenters. The highest BCUT2D eigenvalue weighted by molar-refractivity contribution is 6.04. The molecular formula is C20H27N3O3. The lowest BCUT2D eigenvalue weighted by Crippen LogP contribution is -2.33. The van der Waals surface area contributed by atoms with Gasteiger partial charge in [0.1, 0.15) is 5.60 Å². The zero-order valence-electron chi connectivity index (χ0n) is 16.0. The van der Waals surface area contributed by atoms with Crippen molar-refractivity contribution < 1.29 is 14.3 Å². The second kappa shape index (κ2) is 6.83. The minimum absolute atomic E-state index is 0.177. The number of rotatable bonds is 4. The smallest absolute Gasteiger partial charge is 0.435 e. The van der Waals surface area contributed by atoms with Crippen LogP contribution in [0, 0.1) is 5.41 Å². The van der Waals surface area contributed by atoms with Gasteiger partial charge in [0.25, 0.3) is 0 Å². The van der Waals surface area contributed by atoms with Gasteiger partial charge in [0.05, 0.1) is 11.7 Å². The molecule has 0 saturated carbocycles. The monoisotopic (exact) mass is 357 g/mol. The SMILES string of the molecule is CCCC1(C(=O)c2ccc3c(cnn3C(=O)OC(C)(C)C)c2)CCNC1. The van der Waals surface area contributed by atoms with Crippen LogP contribution in [0.2, 0.25) is 0 Å². The highest BCUT2D eigenvalue weighted by atomic mass is 16.6. The quantitative estimate of drug-likeness (QED) is 0.843. The second-order valence-electron chi connectivity index (χ2n) is 8.10. The van der Waals surface area contributed by atoms with Crippen molar-refractivity contribution in [2.24, 2.45) is 5.41 Å². The molecule has 1 fully saturated rings. The van der Waals surface area contributed by atoms with Crippen molar-refractivity contribution in [2.45, 2.75) is 52.6 Å². The van der Waals surface area contributed by atoms with Gasteiger partial charge in [-0.25, -0.2) is 4.79 Å². The van der Waals surface area contributed by atoms with Crippen LogP contribution in [0.3, 0.4) is 0 Å². The van der Waals surface area contributed by atoms with Crippen molar-refractivity contribution in [3.8, 4) is 0 Å². The topological polar surface area (TPSA) is 73.2 Å². The fourth-order valence-corrected chi connectivity index (χ4v) is 3.67. The molecule has 0 spiro atoms. The van der Waals surface area contributed by atoms with E-state index in [-0.39, 0.29) is 11.2 Å². The molecule has 2 aromatic rings. The van der Waals surface area contributed by atoms with Crippen molar-refractivity contribution in [2.75, 3.05) is 13.1 Å². The minimum atomic E-state index is -0.590. The molecule has 6 nitrogen and oxygen atoms in total. The molecule has 1 aliphatic heterocycles. The Morgan fingerprint density at radius 2 is 2.12 bits per heavy atom. The average molecular weight is 357 g/mol. The Labute approximate surface area is 153 Å². The lowest BCUT2D eigenvalue weighted by Gasteiger charge is -2.26. The van der Waals surface area contributed by atoms with Crippen LogP contribution in [-0.4, -0.2) is 40.3 Å². The summed E-state index contributed by atoms with van der Waals surface area (Å²) in [5.41, 5.74) is 0.417. The lowest BCUT2D eigenvalue weighted by molar-refractivity contribution is 0.0522. The fourth-order valence-electron chi connectivity index (χ4n) is 3.67. The number of ether oxygens (including phenoxy) is 1. The standard InChI is InChI=1S/C20H27N3O3/c1-5-8-20(9-10-21-13-20)17(24)14-6-7-16-15(11-14)12-22-23(16)18(25)26-19(2,3)4/h6-7,11-12,21H,5,8-10,13H2,1-4H3. The highest BCUT2D eigenvalue weighted by Gasteiger charge is 2.40. The van der Waals surface area contributed by atoms with E-state index in [0.717, 1.165) is 37.7 Å². The van der Waals surface area contributed by atoms with Crippen LogP contribution in [0.4, 0.5) is 4.79 Å². The van der Waals surface area contributed by atoms with Crippen LogP contribution in [0.5, 0.6) is 0 Å². The van der Waals surface area contributed by atoms with Crippen molar-refractivity contribution in [1.29, 1.82) is 0 Å². The molecule has 3 rings (SSSR count). The summed E-state index contributed by atoms with van der Waals surface area (Å²) in [6.45, 7) is 9.17. The number of nitrogens with zero attached hydrogens (tertiary/aromatic N) is 2. The first-order valence-electron chi connectivity index (χ1n) is 9.22. The molecule has 140 valence electrons. The number of ketones is 1. The summed E-state index contributed by atoms with van der Waals surface area (Å²) >= 11 is 0. The molecule has 1 atom stereocenters. The van der Waals surface area contributed by atoms with Crippen LogP contribution in [0.1, 0.15) is 57.3 Å². The van der Waals surface area contributed by atoms with Gasteiger partial charge in [-0.2, -0.15) is 9.78 Å². The summed E-state index contributed by atoms with van der Waals surface area (Å²) in [6, 6.07) is 5.41. The Morgan fingerprint density at radius 1 is 1.35 bits per heavy atom. The van der Waals surface area contributed by atoms with E-state index >= 15 is 0 Å². The molecule has 26 heavy (non-hydrogen) atoms.